The van der Waals surface area contributed by atoms with E-state index in [-0.39, 0.29) is 0 Å². The lowest BCUT2D eigenvalue weighted by atomic mass is 10.3. The minimum atomic E-state index is -1.26. The molecule has 0 aliphatic heterocycles. The molecule has 0 rings (SSSR count). The SMILES string of the molecule is CCCO/N=C/C(O)CNC(C)C.O=C(O)/C=C/C(=O)O. The van der Waals surface area contributed by atoms with Crippen LogP contribution in [0.3, 0.4) is 0 Å². The molecule has 0 heterocycles. The first-order valence-electron chi connectivity index (χ1n) is 6.50. The number of aliphatic hydroxyl groups excluding tert-OH is 1. The Hall–Kier alpha value is -1.93. The summed E-state index contributed by atoms with van der Waals surface area (Å²) in [6.45, 7) is 7.17. The minimum absolute atomic E-state index is 0.375. The molecule has 21 heavy (non-hydrogen) atoms. The lowest BCUT2D eigenvalue weighted by molar-refractivity contribution is -0.134. The number of hydrogen-bond donors (Lipinski definition) is 4. The predicted octanol–water partition coefficient (Wildman–Crippen LogP) is 0.470. The van der Waals surface area contributed by atoms with E-state index in [0.29, 0.717) is 31.3 Å². The number of carboxylic acid groups (broad SMARTS) is 2. The van der Waals surface area contributed by atoms with Crippen molar-refractivity contribution in [2.45, 2.75) is 39.3 Å². The Balaban J connectivity index is 0. The first kappa shape index (κ1) is 21.4. The summed E-state index contributed by atoms with van der Waals surface area (Å²) in [5.41, 5.74) is 0. The Bertz CT molecular complexity index is 326. The fourth-order valence-corrected chi connectivity index (χ4v) is 0.809. The van der Waals surface area contributed by atoms with E-state index in [9.17, 15) is 14.7 Å². The van der Waals surface area contributed by atoms with Gasteiger partial charge in [-0.05, 0) is 6.42 Å². The lowest BCUT2D eigenvalue weighted by Gasteiger charge is -2.09. The first-order chi connectivity index (χ1) is 9.79. The highest BCUT2D eigenvalue weighted by molar-refractivity contribution is 5.89. The fraction of sp³-hybridized carbons (Fsp3) is 0.615. The van der Waals surface area contributed by atoms with Gasteiger partial charge < -0.3 is 25.5 Å². The summed E-state index contributed by atoms with van der Waals surface area (Å²) < 4.78 is 0. The Morgan fingerprint density at radius 2 is 1.76 bits per heavy atom. The van der Waals surface area contributed by atoms with Crippen LogP contribution < -0.4 is 5.32 Å². The molecule has 0 saturated heterocycles. The molecule has 0 amide bonds. The zero-order valence-electron chi connectivity index (χ0n) is 12.5. The smallest absolute Gasteiger partial charge is 0.328 e. The second kappa shape index (κ2) is 14.5. The first-order valence-corrected chi connectivity index (χ1v) is 6.50. The summed E-state index contributed by atoms with van der Waals surface area (Å²) in [5, 5.41) is 31.6. The van der Waals surface area contributed by atoms with Crippen LogP contribution in [0.1, 0.15) is 27.2 Å². The number of carbonyl (C=O) groups is 2. The van der Waals surface area contributed by atoms with Crippen molar-refractivity contribution in [3.8, 4) is 0 Å². The number of oxime groups is 1. The summed E-state index contributed by atoms with van der Waals surface area (Å²) in [4.78, 5) is 23.9. The topological polar surface area (TPSA) is 128 Å². The van der Waals surface area contributed by atoms with E-state index in [1.807, 2.05) is 20.8 Å². The van der Waals surface area contributed by atoms with Crippen molar-refractivity contribution in [1.29, 1.82) is 0 Å². The highest BCUT2D eigenvalue weighted by Gasteiger charge is 2.00. The van der Waals surface area contributed by atoms with Gasteiger partial charge in [-0.3, -0.25) is 0 Å². The van der Waals surface area contributed by atoms with Crippen molar-refractivity contribution in [3.05, 3.63) is 12.2 Å². The number of hydrogen-bond acceptors (Lipinski definition) is 6. The second-order valence-corrected chi connectivity index (χ2v) is 4.23. The molecule has 1 unspecified atom stereocenters. The van der Waals surface area contributed by atoms with Crippen molar-refractivity contribution in [3.63, 3.8) is 0 Å². The summed E-state index contributed by atoms with van der Waals surface area (Å²) in [6, 6.07) is 0.375. The molecule has 0 spiro atoms. The monoisotopic (exact) mass is 304 g/mol. The van der Waals surface area contributed by atoms with E-state index in [4.69, 9.17) is 15.1 Å². The van der Waals surface area contributed by atoms with Crippen LogP contribution in [0.4, 0.5) is 0 Å². The molecular weight excluding hydrogens is 280 g/mol. The molecule has 0 aromatic heterocycles. The van der Waals surface area contributed by atoms with Crippen LogP contribution in [0.2, 0.25) is 0 Å². The van der Waals surface area contributed by atoms with Crippen LogP contribution in [0.5, 0.6) is 0 Å². The van der Waals surface area contributed by atoms with Crippen molar-refractivity contribution in [2.75, 3.05) is 13.2 Å². The third-order valence-electron chi connectivity index (χ3n) is 1.71. The van der Waals surface area contributed by atoms with Crippen molar-refractivity contribution < 1.29 is 29.7 Å². The Morgan fingerprint density at radius 3 is 2.14 bits per heavy atom. The van der Waals surface area contributed by atoms with E-state index in [1.165, 1.54) is 6.21 Å². The Morgan fingerprint density at radius 1 is 1.24 bits per heavy atom. The number of aliphatic carboxylic acids is 2. The van der Waals surface area contributed by atoms with Gasteiger partial charge in [0.05, 0.1) is 6.21 Å². The quantitative estimate of drug-likeness (QED) is 0.211. The molecule has 122 valence electrons. The van der Waals surface area contributed by atoms with Crippen LogP contribution in [-0.4, -0.2) is 58.8 Å². The third kappa shape index (κ3) is 23.6. The number of aliphatic hydroxyl groups is 1. The normalized spacial score (nSPS) is 12.2. The summed E-state index contributed by atoms with van der Waals surface area (Å²) >= 11 is 0. The highest BCUT2D eigenvalue weighted by atomic mass is 16.6. The summed E-state index contributed by atoms with van der Waals surface area (Å²) in [5.74, 6) is -2.51. The fourth-order valence-electron chi connectivity index (χ4n) is 0.809. The van der Waals surface area contributed by atoms with Gasteiger partial charge in [-0.2, -0.15) is 0 Å². The lowest BCUT2D eigenvalue weighted by Crippen LogP contribution is -2.32. The molecule has 0 aromatic rings. The maximum Gasteiger partial charge on any atom is 0.328 e. The molecule has 0 saturated carbocycles. The van der Waals surface area contributed by atoms with Gasteiger partial charge in [-0.1, -0.05) is 25.9 Å². The van der Waals surface area contributed by atoms with E-state index in [1.54, 1.807) is 0 Å². The van der Waals surface area contributed by atoms with Gasteiger partial charge in [-0.25, -0.2) is 9.59 Å². The highest BCUT2D eigenvalue weighted by Crippen LogP contribution is 1.83. The molecule has 0 aromatic carbocycles. The average Bonchev–Trinajstić information content (AvgIpc) is 2.40. The predicted molar refractivity (Wildman–Crippen MR) is 78.3 cm³/mol. The maximum absolute atomic E-state index is 9.55. The molecular formula is C13H24N2O6. The molecule has 4 N–H and O–H groups in total. The zero-order chi connectivity index (χ0) is 16.7. The van der Waals surface area contributed by atoms with Crippen molar-refractivity contribution >= 4 is 18.2 Å². The Kier molecular flexibility index (Phi) is 14.7. The maximum atomic E-state index is 9.55. The Labute approximate surface area is 124 Å². The van der Waals surface area contributed by atoms with Gasteiger partial charge in [0.25, 0.3) is 0 Å². The van der Waals surface area contributed by atoms with Crippen LogP contribution in [0.25, 0.3) is 0 Å². The van der Waals surface area contributed by atoms with Gasteiger partial charge in [0.15, 0.2) is 0 Å². The van der Waals surface area contributed by atoms with Gasteiger partial charge >= 0.3 is 11.9 Å². The summed E-state index contributed by atoms with van der Waals surface area (Å²) in [6.07, 6.45) is 2.88. The minimum Gasteiger partial charge on any atom is -0.478 e. The van der Waals surface area contributed by atoms with Gasteiger partial charge in [0, 0.05) is 24.7 Å². The van der Waals surface area contributed by atoms with Crippen LogP contribution >= 0.6 is 0 Å². The zero-order valence-corrected chi connectivity index (χ0v) is 12.5. The van der Waals surface area contributed by atoms with Gasteiger partial charge in [0.1, 0.15) is 12.7 Å². The molecule has 8 nitrogen and oxygen atoms in total. The molecule has 8 heteroatoms. The van der Waals surface area contributed by atoms with E-state index in [0.717, 1.165) is 6.42 Å². The summed E-state index contributed by atoms with van der Waals surface area (Å²) in [7, 11) is 0. The van der Waals surface area contributed by atoms with E-state index in [2.05, 4.69) is 10.5 Å². The van der Waals surface area contributed by atoms with Gasteiger partial charge in [0.2, 0.25) is 0 Å². The number of carboxylic acids is 2. The molecule has 0 bridgehead atoms. The second-order valence-electron chi connectivity index (χ2n) is 4.23. The third-order valence-corrected chi connectivity index (χ3v) is 1.71. The van der Waals surface area contributed by atoms with Crippen molar-refractivity contribution in [2.24, 2.45) is 5.16 Å². The molecule has 0 aliphatic carbocycles. The van der Waals surface area contributed by atoms with Crippen molar-refractivity contribution in [1.82, 2.24) is 5.32 Å². The van der Waals surface area contributed by atoms with Crippen LogP contribution in [-0.2, 0) is 14.4 Å². The average molecular weight is 304 g/mol. The molecule has 0 radical (unpaired) electrons. The molecule has 0 aliphatic rings. The molecule has 0 fully saturated rings. The van der Waals surface area contributed by atoms with E-state index >= 15 is 0 Å². The number of nitrogens with zero attached hydrogens (tertiary/aromatic N) is 1. The number of nitrogens with one attached hydrogen (secondary N) is 1. The van der Waals surface area contributed by atoms with Crippen LogP contribution in [0.15, 0.2) is 17.3 Å². The number of rotatable bonds is 9. The van der Waals surface area contributed by atoms with E-state index < -0.39 is 18.0 Å². The standard InChI is InChI=1S/C9H20N2O2.C4H4O4/c1-4-5-13-11-7-9(12)6-10-8(2)3;5-3(6)1-2-4(7)8/h7-10,12H,4-6H2,1-3H3;1-2H,(H,5,6)(H,7,8)/b11-7+;2-1+. The molecule has 1 atom stereocenters. The largest absolute Gasteiger partial charge is 0.478 e. The van der Waals surface area contributed by atoms with Crippen LogP contribution in [0, 0.1) is 0 Å². The van der Waals surface area contributed by atoms with Gasteiger partial charge in [-0.15, -0.1) is 0 Å².